The first-order valence-corrected chi connectivity index (χ1v) is 7.86. The monoisotopic (exact) mass is 367 g/mol. The highest BCUT2D eigenvalue weighted by Crippen LogP contribution is 2.21. The minimum absolute atomic E-state index is 0. The Hall–Kier alpha value is -2.41. The molecule has 2 N–H and O–H groups in total. The van der Waals surface area contributed by atoms with Crippen LogP contribution in [0.3, 0.4) is 0 Å². The minimum atomic E-state index is -0.602. The molecule has 25 heavy (non-hydrogen) atoms. The SMILES string of the molecule is COC(=O)c1cc([N+](=O)[O-])ccc1C=CCC1CCCCC(N)=N1.Cl. The third-order valence-electron chi connectivity index (χ3n) is 3.93. The zero-order valence-corrected chi connectivity index (χ0v) is 14.8. The van der Waals surface area contributed by atoms with Crippen molar-refractivity contribution in [3.63, 3.8) is 0 Å². The van der Waals surface area contributed by atoms with Crippen molar-refractivity contribution in [2.45, 2.75) is 38.1 Å². The number of aliphatic imine (C=N–C) groups is 1. The van der Waals surface area contributed by atoms with E-state index >= 15 is 0 Å². The van der Waals surface area contributed by atoms with Crippen molar-refractivity contribution in [2.75, 3.05) is 7.11 Å². The third kappa shape index (κ3) is 5.86. The summed E-state index contributed by atoms with van der Waals surface area (Å²) in [5, 5.41) is 10.9. The topological polar surface area (TPSA) is 108 Å². The summed E-state index contributed by atoms with van der Waals surface area (Å²) < 4.78 is 4.70. The Balaban J connectivity index is 0.00000312. The third-order valence-corrected chi connectivity index (χ3v) is 3.93. The number of non-ortho nitro benzene ring substituents is 1. The molecule has 1 aliphatic heterocycles. The average Bonchev–Trinajstić information content (AvgIpc) is 2.78. The van der Waals surface area contributed by atoms with E-state index in [0.29, 0.717) is 17.8 Å². The lowest BCUT2D eigenvalue weighted by atomic mass is 10.0. The van der Waals surface area contributed by atoms with Crippen molar-refractivity contribution in [3.05, 3.63) is 45.5 Å². The van der Waals surface area contributed by atoms with E-state index in [1.54, 1.807) is 12.1 Å². The molecule has 1 aromatic rings. The van der Waals surface area contributed by atoms with Gasteiger partial charge in [-0.2, -0.15) is 0 Å². The number of ether oxygens (including phenoxy) is 1. The fraction of sp³-hybridized carbons (Fsp3) is 0.412. The van der Waals surface area contributed by atoms with Gasteiger partial charge in [-0.3, -0.25) is 15.1 Å². The number of benzene rings is 1. The fourth-order valence-electron chi connectivity index (χ4n) is 2.66. The molecule has 2 rings (SSSR count). The van der Waals surface area contributed by atoms with Crippen LogP contribution in [0.5, 0.6) is 0 Å². The molecule has 1 aromatic carbocycles. The highest BCUT2D eigenvalue weighted by Gasteiger charge is 2.16. The van der Waals surface area contributed by atoms with Crippen LogP contribution in [-0.2, 0) is 4.74 Å². The Labute approximate surface area is 152 Å². The Bertz CT molecular complexity index is 688. The molecule has 1 aliphatic rings. The van der Waals surface area contributed by atoms with Gasteiger partial charge in [0.15, 0.2) is 0 Å². The van der Waals surface area contributed by atoms with E-state index in [1.807, 2.05) is 6.08 Å². The number of nitrogens with zero attached hydrogens (tertiary/aromatic N) is 2. The molecule has 0 radical (unpaired) electrons. The van der Waals surface area contributed by atoms with Crippen LogP contribution in [0, 0.1) is 10.1 Å². The van der Waals surface area contributed by atoms with Crippen LogP contribution in [0.1, 0.15) is 48.0 Å². The van der Waals surface area contributed by atoms with Gasteiger partial charge in [0.25, 0.3) is 5.69 Å². The maximum Gasteiger partial charge on any atom is 0.338 e. The molecule has 0 aromatic heterocycles. The van der Waals surface area contributed by atoms with E-state index in [1.165, 1.54) is 19.2 Å². The predicted molar refractivity (Wildman–Crippen MR) is 99.2 cm³/mol. The molecular formula is C17H22ClN3O4. The number of carbonyl (C=O) groups is 1. The molecule has 0 fully saturated rings. The van der Waals surface area contributed by atoms with Crippen LogP contribution in [0.4, 0.5) is 5.69 Å². The smallest absolute Gasteiger partial charge is 0.338 e. The summed E-state index contributed by atoms with van der Waals surface area (Å²) in [6, 6.07) is 4.29. The summed E-state index contributed by atoms with van der Waals surface area (Å²) in [7, 11) is 1.25. The van der Waals surface area contributed by atoms with Gasteiger partial charge in [0.2, 0.25) is 0 Å². The lowest BCUT2D eigenvalue weighted by molar-refractivity contribution is -0.384. The Morgan fingerprint density at radius 2 is 2.24 bits per heavy atom. The quantitative estimate of drug-likeness (QED) is 0.486. The largest absolute Gasteiger partial charge is 0.465 e. The molecule has 0 bridgehead atoms. The van der Waals surface area contributed by atoms with Crippen molar-refractivity contribution in [1.82, 2.24) is 0 Å². The lowest BCUT2D eigenvalue weighted by Gasteiger charge is -2.08. The summed E-state index contributed by atoms with van der Waals surface area (Å²) in [6.07, 6.45) is 8.37. The molecule has 0 aliphatic carbocycles. The maximum atomic E-state index is 11.8. The molecule has 7 nitrogen and oxygen atoms in total. The molecule has 1 unspecified atom stereocenters. The zero-order valence-electron chi connectivity index (χ0n) is 14.0. The number of rotatable bonds is 5. The highest BCUT2D eigenvalue weighted by molar-refractivity contribution is 5.94. The first-order chi connectivity index (χ1) is 11.5. The van der Waals surface area contributed by atoms with Crippen LogP contribution < -0.4 is 5.73 Å². The first-order valence-electron chi connectivity index (χ1n) is 7.86. The number of nitro benzene ring substituents is 1. The summed E-state index contributed by atoms with van der Waals surface area (Å²) in [4.78, 5) is 26.7. The zero-order chi connectivity index (χ0) is 17.5. The molecule has 0 spiro atoms. The van der Waals surface area contributed by atoms with Crippen molar-refractivity contribution in [1.29, 1.82) is 0 Å². The van der Waals surface area contributed by atoms with E-state index in [0.717, 1.165) is 25.7 Å². The summed E-state index contributed by atoms with van der Waals surface area (Å²) in [5.74, 6) is 0.0894. The van der Waals surface area contributed by atoms with Gasteiger partial charge in [-0.05, 0) is 30.9 Å². The van der Waals surface area contributed by atoms with Crippen molar-refractivity contribution < 1.29 is 14.5 Å². The van der Waals surface area contributed by atoms with E-state index < -0.39 is 10.9 Å². The predicted octanol–water partition coefficient (Wildman–Crippen LogP) is 3.51. The second kappa shape index (κ2) is 9.78. The molecule has 0 saturated carbocycles. The second-order valence-corrected chi connectivity index (χ2v) is 5.68. The lowest BCUT2D eigenvalue weighted by Crippen LogP contribution is -2.13. The van der Waals surface area contributed by atoms with Crippen LogP contribution >= 0.6 is 12.4 Å². The standard InChI is InChI=1S/C17H21N3O4.ClH/c1-24-17(21)15-11-14(20(22)23)10-9-12(15)5-4-7-13-6-2-3-8-16(18)19-13;/h4-5,9-11,13H,2-3,6-8H2,1H3,(H2,18,19);1H. The summed E-state index contributed by atoms with van der Waals surface area (Å²) in [6.45, 7) is 0. The van der Waals surface area contributed by atoms with Crippen LogP contribution in [0.25, 0.3) is 6.08 Å². The van der Waals surface area contributed by atoms with Crippen LogP contribution in [0.15, 0.2) is 29.3 Å². The molecular weight excluding hydrogens is 346 g/mol. The highest BCUT2D eigenvalue weighted by atomic mass is 35.5. The Morgan fingerprint density at radius 1 is 1.48 bits per heavy atom. The van der Waals surface area contributed by atoms with Crippen molar-refractivity contribution in [2.24, 2.45) is 10.7 Å². The molecule has 1 atom stereocenters. The molecule has 8 heteroatoms. The number of nitro groups is 1. The Morgan fingerprint density at radius 3 is 2.92 bits per heavy atom. The number of amidine groups is 1. The number of carbonyl (C=O) groups excluding carboxylic acids is 1. The van der Waals surface area contributed by atoms with E-state index in [4.69, 9.17) is 10.5 Å². The molecule has 136 valence electrons. The number of methoxy groups -OCH3 is 1. The number of halogens is 1. The van der Waals surface area contributed by atoms with Gasteiger partial charge < -0.3 is 10.5 Å². The van der Waals surface area contributed by atoms with Gasteiger partial charge in [0.05, 0.1) is 29.5 Å². The van der Waals surface area contributed by atoms with Gasteiger partial charge in [-0.15, -0.1) is 12.4 Å². The average molecular weight is 368 g/mol. The van der Waals surface area contributed by atoms with Gasteiger partial charge >= 0.3 is 5.97 Å². The normalized spacial score (nSPS) is 17.3. The molecule has 1 heterocycles. The summed E-state index contributed by atoms with van der Waals surface area (Å²) >= 11 is 0. The number of esters is 1. The van der Waals surface area contributed by atoms with Gasteiger partial charge in [0.1, 0.15) is 0 Å². The van der Waals surface area contributed by atoms with Crippen LogP contribution in [0.2, 0.25) is 0 Å². The number of hydrogen-bond acceptors (Lipinski definition) is 6. The number of nitrogens with two attached hydrogens (primary N) is 1. The van der Waals surface area contributed by atoms with E-state index in [9.17, 15) is 14.9 Å². The molecule has 0 amide bonds. The molecule has 0 saturated heterocycles. The Kier molecular flexibility index (Phi) is 8.07. The van der Waals surface area contributed by atoms with Crippen molar-refractivity contribution in [3.8, 4) is 0 Å². The minimum Gasteiger partial charge on any atom is -0.465 e. The first kappa shape index (κ1) is 20.6. The number of hydrogen-bond donors (Lipinski definition) is 1. The van der Waals surface area contributed by atoms with Gasteiger partial charge in [-0.1, -0.05) is 18.6 Å². The van der Waals surface area contributed by atoms with Crippen molar-refractivity contribution >= 4 is 36.0 Å². The van der Waals surface area contributed by atoms with Gasteiger partial charge in [0, 0.05) is 18.6 Å². The summed E-state index contributed by atoms with van der Waals surface area (Å²) in [5.41, 5.74) is 6.45. The van der Waals surface area contributed by atoms with Gasteiger partial charge in [-0.25, -0.2) is 4.79 Å². The second-order valence-electron chi connectivity index (χ2n) is 5.68. The van der Waals surface area contributed by atoms with E-state index in [2.05, 4.69) is 4.99 Å². The maximum absolute atomic E-state index is 11.8. The van der Waals surface area contributed by atoms with Crippen LogP contribution in [-0.4, -0.2) is 29.9 Å². The fourth-order valence-corrected chi connectivity index (χ4v) is 2.66. The van der Waals surface area contributed by atoms with E-state index in [-0.39, 0.29) is 29.7 Å².